The molecule has 0 spiro atoms. The highest BCUT2D eigenvalue weighted by atomic mass is 19.1. The van der Waals surface area contributed by atoms with Gasteiger partial charge in [0.2, 0.25) is 0 Å². The second-order valence-electron chi connectivity index (χ2n) is 5.89. The first-order valence-electron chi connectivity index (χ1n) is 7.46. The van der Waals surface area contributed by atoms with Crippen molar-refractivity contribution in [3.63, 3.8) is 0 Å². The number of hydrogen-bond acceptors (Lipinski definition) is 3. The molecule has 0 saturated carbocycles. The van der Waals surface area contributed by atoms with Crippen molar-refractivity contribution in [1.82, 2.24) is 15.3 Å². The van der Waals surface area contributed by atoms with Crippen LogP contribution in [0.5, 0.6) is 0 Å². The lowest BCUT2D eigenvalue weighted by atomic mass is 9.93. The van der Waals surface area contributed by atoms with Crippen LogP contribution in [0.3, 0.4) is 0 Å². The SMILES string of the molecule is CC(C)NC(c1ccc(F)cn1)C1CCc2cccnc21. The van der Waals surface area contributed by atoms with Crippen molar-refractivity contribution in [2.75, 3.05) is 0 Å². The molecule has 2 atom stereocenters. The normalized spacial score (nSPS) is 18.8. The first-order chi connectivity index (χ1) is 10.1. The van der Waals surface area contributed by atoms with Crippen LogP contribution in [0.15, 0.2) is 36.7 Å². The minimum Gasteiger partial charge on any atom is -0.306 e. The number of fused-ring (bicyclic) bond motifs is 1. The van der Waals surface area contributed by atoms with Crippen molar-refractivity contribution in [2.45, 2.75) is 44.7 Å². The summed E-state index contributed by atoms with van der Waals surface area (Å²) in [5.41, 5.74) is 3.36. The molecule has 0 bridgehead atoms. The minimum atomic E-state index is -0.299. The zero-order valence-corrected chi connectivity index (χ0v) is 12.4. The average Bonchev–Trinajstić information content (AvgIpc) is 2.89. The second-order valence-corrected chi connectivity index (χ2v) is 5.89. The Balaban J connectivity index is 1.95. The Morgan fingerprint density at radius 3 is 2.81 bits per heavy atom. The average molecular weight is 285 g/mol. The number of halogens is 1. The van der Waals surface area contributed by atoms with E-state index in [1.54, 1.807) is 6.07 Å². The summed E-state index contributed by atoms with van der Waals surface area (Å²) >= 11 is 0. The maximum absolute atomic E-state index is 13.1. The summed E-state index contributed by atoms with van der Waals surface area (Å²) in [6.45, 7) is 4.23. The van der Waals surface area contributed by atoms with E-state index in [1.807, 2.05) is 12.3 Å². The highest BCUT2D eigenvalue weighted by molar-refractivity contribution is 5.32. The van der Waals surface area contributed by atoms with Gasteiger partial charge in [-0.2, -0.15) is 0 Å². The van der Waals surface area contributed by atoms with Crippen LogP contribution in [0, 0.1) is 5.82 Å². The molecule has 1 N–H and O–H groups in total. The van der Waals surface area contributed by atoms with Crippen molar-refractivity contribution in [1.29, 1.82) is 0 Å². The van der Waals surface area contributed by atoms with E-state index in [2.05, 4.69) is 35.2 Å². The van der Waals surface area contributed by atoms with Crippen molar-refractivity contribution in [3.05, 3.63) is 59.4 Å². The predicted octanol–water partition coefficient (Wildman–Crippen LogP) is 3.38. The van der Waals surface area contributed by atoms with E-state index in [-0.39, 0.29) is 11.9 Å². The number of aryl methyl sites for hydroxylation is 1. The Morgan fingerprint density at radius 1 is 1.24 bits per heavy atom. The maximum Gasteiger partial charge on any atom is 0.141 e. The van der Waals surface area contributed by atoms with E-state index in [0.29, 0.717) is 12.0 Å². The van der Waals surface area contributed by atoms with Gasteiger partial charge in [0, 0.05) is 23.9 Å². The van der Waals surface area contributed by atoms with Gasteiger partial charge < -0.3 is 5.32 Å². The van der Waals surface area contributed by atoms with Gasteiger partial charge >= 0.3 is 0 Å². The lowest BCUT2D eigenvalue weighted by Crippen LogP contribution is -2.32. The molecule has 2 aromatic rings. The molecule has 0 fully saturated rings. The summed E-state index contributed by atoms with van der Waals surface area (Å²) in [6, 6.07) is 7.79. The first-order valence-corrected chi connectivity index (χ1v) is 7.46. The van der Waals surface area contributed by atoms with Crippen LogP contribution in [-0.2, 0) is 6.42 Å². The molecule has 2 heterocycles. The van der Waals surface area contributed by atoms with Crippen LogP contribution in [0.1, 0.15) is 49.2 Å². The van der Waals surface area contributed by atoms with Crippen LogP contribution in [-0.4, -0.2) is 16.0 Å². The molecule has 0 aliphatic heterocycles. The summed E-state index contributed by atoms with van der Waals surface area (Å²) < 4.78 is 13.1. The first kappa shape index (κ1) is 14.1. The van der Waals surface area contributed by atoms with E-state index < -0.39 is 0 Å². The van der Waals surface area contributed by atoms with Gasteiger partial charge in [0.05, 0.1) is 17.9 Å². The van der Waals surface area contributed by atoms with Crippen LogP contribution >= 0.6 is 0 Å². The Morgan fingerprint density at radius 2 is 2.10 bits per heavy atom. The molecule has 0 aromatic carbocycles. The molecule has 3 nitrogen and oxygen atoms in total. The van der Waals surface area contributed by atoms with Gasteiger partial charge in [0.15, 0.2) is 0 Å². The van der Waals surface area contributed by atoms with E-state index in [0.717, 1.165) is 24.2 Å². The lowest BCUT2D eigenvalue weighted by Gasteiger charge is -2.26. The molecule has 0 radical (unpaired) electrons. The summed E-state index contributed by atoms with van der Waals surface area (Å²) in [4.78, 5) is 8.85. The molecule has 1 aliphatic rings. The summed E-state index contributed by atoms with van der Waals surface area (Å²) in [5.74, 6) is -0.00597. The van der Waals surface area contributed by atoms with Crippen molar-refractivity contribution in [2.24, 2.45) is 0 Å². The summed E-state index contributed by atoms with van der Waals surface area (Å²) in [7, 11) is 0. The van der Waals surface area contributed by atoms with Gasteiger partial charge in [-0.15, -0.1) is 0 Å². The summed E-state index contributed by atoms with van der Waals surface area (Å²) in [5, 5.41) is 3.57. The zero-order chi connectivity index (χ0) is 14.8. The molecule has 2 unspecified atom stereocenters. The Kier molecular flexibility index (Phi) is 3.97. The quantitative estimate of drug-likeness (QED) is 0.935. The fourth-order valence-corrected chi connectivity index (χ4v) is 3.11. The van der Waals surface area contributed by atoms with E-state index in [9.17, 15) is 4.39 Å². The van der Waals surface area contributed by atoms with Crippen LogP contribution < -0.4 is 5.32 Å². The predicted molar refractivity (Wildman–Crippen MR) is 80.5 cm³/mol. The van der Waals surface area contributed by atoms with Gasteiger partial charge in [-0.3, -0.25) is 9.97 Å². The molecule has 0 saturated heterocycles. The fraction of sp³-hybridized carbons (Fsp3) is 0.412. The second kappa shape index (κ2) is 5.90. The molecular formula is C17H20FN3. The number of nitrogens with zero attached hydrogens (tertiary/aromatic N) is 2. The van der Waals surface area contributed by atoms with Crippen LogP contribution in [0.4, 0.5) is 4.39 Å². The largest absolute Gasteiger partial charge is 0.306 e. The molecular weight excluding hydrogens is 265 g/mol. The van der Waals surface area contributed by atoms with Crippen LogP contribution in [0.2, 0.25) is 0 Å². The van der Waals surface area contributed by atoms with E-state index in [1.165, 1.54) is 17.8 Å². The number of aromatic nitrogens is 2. The number of hydrogen-bond donors (Lipinski definition) is 1. The summed E-state index contributed by atoms with van der Waals surface area (Å²) in [6.07, 6.45) is 5.24. The van der Waals surface area contributed by atoms with Gasteiger partial charge in [-0.25, -0.2) is 4.39 Å². The zero-order valence-electron chi connectivity index (χ0n) is 12.4. The number of pyridine rings is 2. The monoisotopic (exact) mass is 285 g/mol. The fourth-order valence-electron chi connectivity index (χ4n) is 3.11. The van der Waals surface area contributed by atoms with Crippen LogP contribution in [0.25, 0.3) is 0 Å². The number of rotatable bonds is 4. The van der Waals surface area contributed by atoms with Crippen molar-refractivity contribution in [3.8, 4) is 0 Å². The Labute approximate surface area is 124 Å². The standard InChI is InChI=1S/C17H20FN3/c1-11(2)21-17(15-8-6-13(18)10-20-15)14-7-5-12-4-3-9-19-16(12)14/h3-4,6,8-11,14,17,21H,5,7H2,1-2H3. The molecule has 1 aliphatic carbocycles. The molecule has 4 heteroatoms. The van der Waals surface area contributed by atoms with Crippen molar-refractivity contribution < 1.29 is 4.39 Å². The van der Waals surface area contributed by atoms with E-state index >= 15 is 0 Å². The Bertz CT molecular complexity index is 610. The lowest BCUT2D eigenvalue weighted by molar-refractivity contribution is 0.395. The number of nitrogens with one attached hydrogen (secondary N) is 1. The van der Waals surface area contributed by atoms with Gasteiger partial charge in [-0.05, 0) is 36.6 Å². The third kappa shape index (κ3) is 2.95. The Hall–Kier alpha value is -1.81. The molecule has 21 heavy (non-hydrogen) atoms. The highest BCUT2D eigenvalue weighted by Crippen LogP contribution is 2.40. The van der Waals surface area contributed by atoms with Crippen molar-refractivity contribution >= 4 is 0 Å². The third-order valence-corrected chi connectivity index (χ3v) is 3.99. The maximum atomic E-state index is 13.1. The van der Waals surface area contributed by atoms with E-state index in [4.69, 9.17) is 0 Å². The highest BCUT2D eigenvalue weighted by Gasteiger charge is 2.32. The molecule has 3 rings (SSSR count). The minimum absolute atomic E-state index is 0.0711. The van der Waals surface area contributed by atoms with Gasteiger partial charge in [-0.1, -0.05) is 19.9 Å². The third-order valence-electron chi connectivity index (χ3n) is 3.99. The van der Waals surface area contributed by atoms with Gasteiger partial charge in [0.1, 0.15) is 5.82 Å². The molecule has 0 amide bonds. The smallest absolute Gasteiger partial charge is 0.141 e. The topological polar surface area (TPSA) is 37.8 Å². The molecule has 2 aromatic heterocycles. The molecule has 110 valence electrons. The van der Waals surface area contributed by atoms with Gasteiger partial charge in [0.25, 0.3) is 0 Å².